The van der Waals surface area contributed by atoms with Crippen molar-refractivity contribution in [3.05, 3.63) is 28.2 Å². The van der Waals surface area contributed by atoms with Crippen LogP contribution in [0.4, 0.5) is 0 Å². The van der Waals surface area contributed by atoms with Crippen molar-refractivity contribution in [3.8, 4) is 5.75 Å². The number of hydrogen-bond donors (Lipinski definition) is 1. The van der Waals surface area contributed by atoms with E-state index < -0.39 is 0 Å². The van der Waals surface area contributed by atoms with E-state index in [1.54, 1.807) is 13.2 Å². The highest BCUT2D eigenvalue weighted by atomic mass is 79.9. The molecule has 3 nitrogen and oxygen atoms in total. The summed E-state index contributed by atoms with van der Waals surface area (Å²) in [5.74, 6) is 0.566. The summed E-state index contributed by atoms with van der Waals surface area (Å²) in [7, 11) is 1.58. The minimum absolute atomic E-state index is 0.0405. The second-order valence-electron chi connectivity index (χ2n) is 4.30. The summed E-state index contributed by atoms with van der Waals surface area (Å²) in [5.41, 5.74) is 0.600. The number of benzene rings is 1. The van der Waals surface area contributed by atoms with Crippen molar-refractivity contribution in [1.82, 2.24) is 5.32 Å². The Bertz CT molecular complexity index is 414. The maximum atomic E-state index is 12.1. The number of amides is 1. The van der Waals surface area contributed by atoms with Gasteiger partial charge < -0.3 is 10.1 Å². The van der Waals surface area contributed by atoms with Gasteiger partial charge in [0.05, 0.1) is 12.7 Å². The molecule has 17 heavy (non-hydrogen) atoms. The lowest BCUT2D eigenvalue weighted by molar-refractivity contribution is 0.0935. The molecule has 1 saturated carbocycles. The molecule has 0 bridgehead atoms. The largest absolute Gasteiger partial charge is 0.496 e. The van der Waals surface area contributed by atoms with Gasteiger partial charge in [-0.15, -0.1) is 0 Å². The lowest BCUT2D eigenvalue weighted by Crippen LogP contribution is -2.32. The van der Waals surface area contributed by atoms with Crippen LogP contribution in [0.5, 0.6) is 5.75 Å². The fourth-order valence-electron chi connectivity index (χ4n) is 2.19. The lowest BCUT2D eigenvalue weighted by Gasteiger charge is -2.14. The SMILES string of the molecule is COc1cc(Br)ccc1C(=O)NC1CCCC1. The van der Waals surface area contributed by atoms with Crippen molar-refractivity contribution in [2.45, 2.75) is 31.7 Å². The number of carbonyl (C=O) groups is 1. The third-order valence-corrected chi connectivity index (χ3v) is 3.59. The molecule has 0 atom stereocenters. The molecule has 1 fully saturated rings. The molecule has 0 heterocycles. The van der Waals surface area contributed by atoms with Crippen LogP contribution >= 0.6 is 15.9 Å². The van der Waals surface area contributed by atoms with E-state index in [1.165, 1.54) is 12.8 Å². The molecule has 2 rings (SSSR count). The van der Waals surface area contributed by atoms with Crippen LogP contribution in [-0.4, -0.2) is 19.1 Å². The third kappa shape index (κ3) is 3.00. The molecular formula is C13H16BrNO2. The molecular weight excluding hydrogens is 282 g/mol. The number of hydrogen-bond acceptors (Lipinski definition) is 2. The first-order valence-corrected chi connectivity index (χ1v) is 6.64. The minimum atomic E-state index is -0.0405. The second kappa shape index (κ2) is 5.54. The minimum Gasteiger partial charge on any atom is -0.496 e. The van der Waals surface area contributed by atoms with E-state index >= 15 is 0 Å². The fraction of sp³-hybridized carbons (Fsp3) is 0.462. The zero-order chi connectivity index (χ0) is 12.3. The number of rotatable bonds is 3. The number of halogens is 1. The summed E-state index contributed by atoms with van der Waals surface area (Å²) >= 11 is 3.36. The molecule has 0 radical (unpaired) electrons. The van der Waals surface area contributed by atoms with Crippen LogP contribution in [0.1, 0.15) is 36.0 Å². The van der Waals surface area contributed by atoms with E-state index in [0.717, 1.165) is 17.3 Å². The van der Waals surface area contributed by atoms with Crippen LogP contribution in [0, 0.1) is 0 Å². The normalized spacial score (nSPS) is 15.9. The van der Waals surface area contributed by atoms with Crippen molar-refractivity contribution >= 4 is 21.8 Å². The Morgan fingerprint density at radius 2 is 2.12 bits per heavy atom. The molecule has 1 aromatic carbocycles. The van der Waals surface area contributed by atoms with E-state index in [1.807, 2.05) is 12.1 Å². The molecule has 1 aliphatic carbocycles. The van der Waals surface area contributed by atoms with Crippen molar-refractivity contribution in [2.24, 2.45) is 0 Å². The second-order valence-corrected chi connectivity index (χ2v) is 5.22. The van der Waals surface area contributed by atoms with Gasteiger partial charge in [0.2, 0.25) is 0 Å². The summed E-state index contributed by atoms with van der Waals surface area (Å²) in [6.45, 7) is 0. The molecule has 1 aromatic rings. The van der Waals surface area contributed by atoms with Crippen LogP contribution < -0.4 is 10.1 Å². The van der Waals surface area contributed by atoms with Gasteiger partial charge in [-0.3, -0.25) is 4.79 Å². The molecule has 0 unspecified atom stereocenters. The molecule has 0 saturated heterocycles. The Morgan fingerprint density at radius 3 is 2.76 bits per heavy atom. The molecule has 1 N–H and O–H groups in total. The quantitative estimate of drug-likeness (QED) is 0.931. The summed E-state index contributed by atoms with van der Waals surface area (Å²) in [6.07, 6.45) is 4.60. The van der Waals surface area contributed by atoms with Crippen LogP contribution in [-0.2, 0) is 0 Å². The zero-order valence-electron chi connectivity index (χ0n) is 9.83. The van der Waals surface area contributed by atoms with Gasteiger partial charge in [0, 0.05) is 10.5 Å². The lowest BCUT2D eigenvalue weighted by atomic mass is 10.1. The summed E-state index contributed by atoms with van der Waals surface area (Å²) in [6, 6.07) is 5.78. The van der Waals surface area contributed by atoms with Gasteiger partial charge in [0.15, 0.2) is 0 Å². The maximum absolute atomic E-state index is 12.1. The molecule has 1 aliphatic rings. The monoisotopic (exact) mass is 297 g/mol. The van der Waals surface area contributed by atoms with Gasteiger partial charge in [-0.2, -0.15) is 0 Å². The predicted molar refractivity (Wildman–Crippen MR) is 70.4 cm³/mol. The highest BCUT2D eigenvalue weighted by molar-refractivity contribution is 9.10. The summed E-state index contributed by atoms with van der Waals surface area (Å²) in [4.78, 5) is 12.1. The molecule has 4 heteroatoms. The topological polar surface area (TPSA) is 38.3 Å². The van der Waals surface area contributed by atoms with Crippen molar-refractivity contribution in [1.29, 1.82) is 0 Å². The van der Waals surface area contributed by atoms with Crippen LogP contribution in [0.25, 0.3) is 0 Å². The van der Waals surface area contributed by atoms with Crippen molar-refractivity contribution in [2.75, 3.05) is 7.11 Å². The maximum Gasteiger partial charge on any atom is 0.255 e. The van der Waals surface area contributed by atoms with Gasteiger partial charge in [0.25, 0.3) is 5.91 Å². The first-order chi connectivity index (χ1) is 8.20. The zero-order valence-corrected chi connectivity index (χ0v) is 11.4. The third-order valence-electron chi connectivity index (χ3n) is 3.10. The average molecular weight is 298 g/mol. The van der Waals surface area contributed by atoms with E-state index in [0.29, 0.717) is 17.4 Å². The predicted octanol–water partition coefficient (Wildman–Crippen LogP) is 3.13. The first kappa shape index (κ1) is 12.4. The van der Waals surface area contributed by atoms with Gasteiger partial charge in [-0.05, 0) is 31.0 Å². The summed E-state index contributed by atoms with van der Waals surface area (Å²) < 4.78 is 6.13. The number of carbonyl (C=O) groups excluding carboxylic acids is 1. The molecule has 92 valence electrons. The van der Waals surface area contributed by atoms with E-state index in [9.17, 15) is 4.79 Å². The van der Waals surface area contributed by atoms with Crippen LogP contribution in [0.15, 0.2) is 22.7 Å². The highest BCUT2D eigenvalue weighted by Gasteiger charge is 2.19. The van der Waals surface area contributed by atoms with E-state index in [4.69, 9.17) is 4.74 Å². The number of methoxy groups -OCH3 is 1. The van der Waals surface area contributed by atoms with Gasteiger partial charge in [-0.1, -0.05) is 28.8 Å². The van der Waals surface area contributed by atoms with Gasteiger partial charge in [0.1, 0.15) is 5.75 Å². The Hall–Kier alpha value is -1.03. The number of nitrogens with one attached hydrogen (secondary N) is 1. The van der Waals surface area contributed by atoms with E-state index in [2.05, 4.69) is 21.2 Å². The van der Waals surface area contributed by atoms with Gasteiger partial charge in [-0.25, -0.2) is 0 Å². The Kier molecular flexibility index (Phi) is 4.05. The summed E-state index contributed by atoms with van der Waals surface area (Å²) in [5, 5.41) is 3.06. The van der Waals surface area contributed by atoms with Crippen molar-refractivity contribution < 1.29 is 9.53 Å². The first-order valence-electron chi connectivity index (χ1n) is 5.85. The Labute approximate surface area is 110 Å². The smallest absolute Gasteiger partial charge is 0.255 e. The molecule has 0 aromatic heterocycles. The Morgan fingerprint density at radius 1 is 1.41 bits per heavy atom. The molecule has 0 spiro atoms. The average Bonchev–Trinajstić information content (AvgIpc) is 2.81. The van der Waals surface area contributed by atoms with Gasteiger partial charge >= 0.3 is 0 Å². The van der Waals surface area contributed by atoms with Crippen molar-refractivity contribution in [3.63, 3.8) is 0 Å². The highest BCUT2D eigenvalue weighted by Crippen LogP contribution is 2.24. The van der Waals surface area contributed by atoms with E-state index in [-0.39, 0.29) is 5.91 Å². The van der Waals surface area contributed by atoms with Crippen LogP contribution in [0.2, 0.25) is 0 Å². The van der Waals surface area contributed by atoms with Crippen LogP contribution in [0.3, 0.4) is 0 Å². The number of ether oxygens (including phenoxy) is 1. The fourth-order valence-corrected chi connectivity index (χ4v) is 2.53. The molecule has 0 aliphatic heterocycles. The standard InChI is InChI=1S/C13H16BrNO2/c1-17-12-8-9(14)6-7-11(12)13(16)15-10-4-2-3-5-10/h6-8,10H,2-5H2,1H3,(H,15,16). The Balaban J connectivity index is 2.12. The molecule has 1 amide bonds.